The van der Waals surface area contributed by atoms with E-state index in [2.05, 4.69) is 76.0 Å². The van der Waals surface area contributed by atoms with Crippen LogP contribution < -0.4 is 0 Å². The SMILES string of the molecule is CCCCC/C=C\C/C=C\CCCCCCCC(=O)OCC(COC(=O)CCCCCCC/C=C\CCCCCCCC)CN(CCN(CC)CC)C(=O)CCCCCCCC. The molecule has 0 heterocycles. The molecule has 0 aromatic carbocycles. The highest BCUT2D eigenvalue weighted by atomic mass is 16.5. The van der Waals surface area contributed by atoms with Gasteiger partial charge in [0, 0.05) is 44.8 Å². The van der Waals surface area contributed by atoms with Crippen molar-refractivity contribution >= 4 is 17.8 Å². The van der Waals surface area contributed by atoms with Crippen molar-refractivity contribution in [1.29, 1.82) is 0 Å². The second-order valence-electron chi connectivity index (χ2n) is 17.9. The maximum atomic E-state index is 13.7. The highest BCUT2D eigenvalue weighted by molar-refractivity contribution is 5.76. The third-order valence-electron chi connectivity index (χ3n) is 12.1. The van der Waals surface area contributed by atoms with Crippen LogP contribution in [-0.2, 0) is 23.9 Å². The van der Waals surface area contributed by atoms with Gasteiger partial charge in [0.05, 0.1) is 13.2 Å². The van der Waals surface area contributed by atoms with Gasteiger partial charge in [-0.05, 0) is 90.1 Å². The number of carbonyl (C=O) groups is 3. The Morgan fingerprint density at radius 3 is 1.21 bits per heavy atom. The lowest BCUT2D eigenvalue weighted by Gasteiger charge is -2.30. The molecule has 362 valence electrons. The van der Waals surface area contributed by atoms with Crippen molar-refractivity contribution in [2.24, 2.45) is 5.92 Å². The van der Waals surface area contributed by atoms with Crippen LogP contribution in [0.2, 0.25) is 0 Å². The number of unbranched alkanes of at least 4 members (excludes halogenated alkanes) is 24. The third-order valence-corrected chi connectivity index (χ3v) is 12.1. The molecule has 0 bridgehead atoms. The zero-order valence-corrected chi connectivity index (χ0v) is 41.8. The summed E-state index contributed by atoms with van der Waals surface area (Å²) in [5.74, 6) is -0.508. The Bertz CT molecular complexity index is 1080. The van der Waals surface area contributed by atoms with Crippen molar-refractivity contribution in [3.05, 3.63) is 36.5 Å². The number of allylic oxidation sites excluding steroid dienone is 6. The number of ether oxygens (including phenoxy) is 2. The third kappa shape index (κ3) is 41.6. The molecule has 0 saturated carbocycles. The molecule has 0 aromatic heterocycles. The van der Waals surface area contributed by atoms with E-state index in [1.54, 1.807) is 0 Å². The van der Waals surface area contributed by atoms with Gasteiger partial charge in [-0.2, -0.15) is 0 Å². The number of nitrogens with zero attached hydrogens (tertiary/aromatic N) is 2. The van der Waals surface area contributed by atoms with E-state index < -0.39 is 0 Å². The molecule has 1 amide bonds. The molecule has 0 aromatic rings. The normalized spacial score (nSPS) is 12.4. The van der Waals surface area contributed by atoms with Crippen LogP contribution in [0.3, 0.4) is 0 Å². The Hall–Kier alpha value is -2.41. The van der Waals surface area contributed by atoms with Gasteiger partial charge in [-0.25, -0.2) is 0 Å². The van der Waals surface area contributed by atoms with Gasteiger partial charge in [0.2, 0.25) is 5.91 Å². The summed E-state index contributed by atoms with van der Waals surface area (Å²) in [4.78, 5) is 43.8. The van der Waals surface area contributed by atoms with Crippen molar-refractivity contribution < 1.29 is 23.9 Å². The summed E-state index contributed by atoms with van der Waals surface area (Å²) >= 11 is 0. The summed E-state index contributed by atoms with van der Waals surface area (Å²) in [6.07, 6.45) is 50.4. The van der Waals surface area contributed by atoms with Gasteiger partial charge in [-0.3, -0.25) is 14.4 Å². The largest absolute Gasteiger partial charge is 0.465 e. The standard InChI is InChI=1S/C55H102N2O5/c1-6-11-14-17-20-22-24-26-28-30-32-34-36-39-42-45-54(59)61-50-52(49-57(48-47-56(9-4)10-5)53(58)44-41-38-19-16-13-8-3)51-62-55(60)46-43-40-37-35-33-31-29-27-25-23-21-18-15-12-7-2/h20,22,26-29,52H,6-19,21,23-25,30-51H2,1-5H3/b22-20-,28-26-,29-27-. The highest BCUT2D eigenvalue weighted by Crippen LogP contribution is 2.15. The minimum Gasteiger partial charge on any atom is -0.465 e. The maximum absolute atomic E-state index is 13.7. The lowest BCUT2D eigenvalue weighted by atomic mass is 10.1. The van der Waals surface area contributed by atoms with E-state index in [-0.39, 0.29) is 37.0 Å². The zero-order valence-electron chi connectivity index (χ0n) is 41.8. The Balaban J connectivity index is 4.92. The Morgan fingerprint density at radius 1 is 0.419 bits per heavy atom. The summed E-state index contributed by atoms with van der Waals surface area (Å²) in [6.45, 7) is 15.1. The van der Waals surface area contributed by atoms with Crippen molar-refractivity contribution in [2.45, 2.75) is 247 Å². The van der Waals surface area contributed by atoms with Gasteiger partial charge in [-0.15, -0.1) is 0 Å². The summed E-state index contributed by atoms with van der Waals surface area (Å²) < 4.78 is 11.7. The van der Waals surface area contributed by atoms with E-state index in [9.17, 15) is 14.4 Å². The number of rotatable bonds is 47. The van der Waals surface area contributed by atoms with Crippen LogP contribution in [0.1, 0.15) is 247 Å². The van der Waals surface area contributed by atoms with Gasteiger partial charge < -0.3 is 19.3 Å². The van der Waals surface area contributed by atoms with E-state index in [0.717, 1.165) is 90.3 Å². The van der Waals surface area contributed by atoms with E-state index in [0.29, 0.717) is 32.4 Å². The van der Waals surface area contributed by atoms with Crippen LogP contribution in [0.15, 0.2) is 36.5 Å². The first-order chi connectivity index (χ1) is 30.4. The topological polar surface area (TPSA) is 76.2 Å². The molecule has 0 spiro atoms. The fraction of sp³-hybridized carbons (Fsp3) is 0.836. The highest BCUT2D eigenvalue weighted by Gasteiger charge is 2.23. The quantitative estimate of drug-likeness (QED) is 0.0344. The number of amides is 1. The number of hydrogen-bond acceptors (Lipinski definition) is 6. The molecule has 0 rings (SSSR count). The molecule has 0 fully saturated rings. The minimum atomic E-state index is -0.258. The summed E-state index contributed by atoms with van der Waals surface area (Å²) in [5, 5.41) is 0. The summed E-state index contributed by atoms with van der Waals surface area (Å²) in [7, 11) is 0. The van der Waals surface area contributed by atoms with Crippen molar-refractivity contribution in [3.63, 3.8) is 0 Å². The molecular weight excluding hydrogens is 769 g/mol. The van der Waals surface area contributed by atoms with E-state index in [1.165, 1.54) is 122 Å². The number of esters is 2. The second-order valence-corrected chi connectivity index (χ2v) is 17.9. The lowest BCUT2D eigenvalue weighted by molar-refractivity contribution is -0.150. The van der Waals surface area contributed by atoms with Gasteiger partial charge in [0.15, 0.2) is 0 Å². The average Bonchev–Trinajstić information content (AvgIpc) is 3.27. The molecule has 0 aliphatic rings. The van der Waals surface area contributed by atoms with Gasteiger partial charge in [0.1, 0.15) is 0 Å². The zero-order chi connectivity index (χ0) is 45.4. The van der Waals surface area contributed by atoms with E-state index >= 15 is 0 Å². The monoisotopic (exact) mass is 871 g/mol. The lowest BCUT2D eigenvalue weighted by Crippen LogP contribution is -2.43. The van der Waals surface area contributed by atoms with Gasteiger partial charge in [0.25, 0.3) is 0 Å². The Labute approximate surface area is 385 Å². The molecule has 0 N–H and O–H groups in total. The van der Waals surface area contributed by atoms with Crippen LogP contribution in [-0.4, -0.2) is 73.6 Å². The van der Waals surface area contributed by atoms with Crippen LogP contribution in [0.5, 0.6) is 0 Å². The average molecular weight is 871 g/mol. The van der Waals surface area contributed by atoms with Crippen LogP contribution in [0, 0.1) is 5.92 Å². The first kappa shape index (κ1) is 59.6. The van der Waals surface area contributed by atoms with E-state index in [1.807, 2.05) is 4.90 Å². The molecule has 62 heavy (non-hydrogen) atoms. The fourth-order valence-corrected chi connectivity index (χ4v) is 7.79. The predicted octanol–water partition coefficient (Wildman–Crippen LogP) is 15.5. The summed E-state index contributed by atoms with van der Waals surface area (Å²) in [5.41, 5.74) is 0. The fourth-order valence-electron chi connectivity index (χ4n) is 7.79. The molecule has 7 nitrogen and oxygen atoms in total. The smallest absolute Gasteiger partial charge is 0.305 e. The van der Waals surface area contributed by atoms with Crippen molar-refractivity contribution in [1.82, 2.24) is 9.80 Å². The molecule has 0 aliphatic heterocycles. The van der Waals surface area contributed by atoms with Gasteiger partial charge in [-0.1, -0.05) is 187 Å². The van der Waals surface area contributed by atoms with Crippen LogP contribution in [0.4, 0.5) is 0 Å². The van der Waals surface area contributed by atoms with Crippen LogP contribution in [0.25, 0.3) is 0 Å². The minimum absolute atomic E-state index is 0.147. The number of likely N-dealkylation sites (N-methyl/N-ethyl adjacent to an activating group) is 1. The Kier molecular flexibility index (Phi) is 46.2. The molecule has 0 radical (unpaired) electrons. The van der Waals surface area contributed by atoms with Crippen molar-refractivity contribution in [2.75, 3.05) is 45.9 Å². The van der Waals surface area contributed by atoms with Gasteiger partial charge >= 0.3 is 11.9 Å². The first-order valence-corrected chi connectivity index (χ1v) is 26.7. The molecule has 1 atom stereocenters. The van der Waals surface area contributed by atoms with E-state index in [4.69, 9.17) is 9.47 Å². The Morgan fingerprint density at radius 2 is 0.774 bits per heavy atom. The number of hydrogen-bond donors (Lipinski definition) is 0. The predicted molar refractivity (Wildman–Crippen MR) is 267 cm³/mol. The number of carbonyl (C=O) groups excluding carboxylic acids is 3. The van der Waals surface area contributed by atoms with Crippen molar-refractivity contribution in [3.8, 4) is 0 Å². The first-order valence-electron chi connectivity index (χ1n) is 26.7. The molecule has 0 saturated heterocycles. The second kappa shape index (κ2) is 48.1. The maximum Gasteiger partial charge on any atom is 0.305 e. The molecule has 1 unspecified atom stereocenters. The van der Waals surface area contributed by atoms with Crippen LogP contribution >= 0.6 is 0 Å². The summed E-state index contributed by atoms with van der Waals surface area (Å²) in [6, 6.07) is 0. The molecule has 0 aliphatic carbocycles. The molecular formula is C55H102N2O5. The molecule has 7 heteroatoms.